The molecule has 10 heterocycles. The van der Waals surface area contributed by atoms with Gasteiger partial charge in [-0.3, -0.25) is 19.2 Å². The Hall–Kier alpha value is -15.5. The number of halogens is 3. The van der Waals surface area contributed by atoms with Gasteiger partial charge in [-0.15, -0.1) is 18.9 Å². The minimum atomic E-state index is -6.27. The van der Waals surface area contributed by atoms with Gasteiger partial charge in [0, 0.05) is 70.9 Å². The lowest BCUT2D eigenvalue weighted by molar-refractivity contribution is -0.0500. The molecule has 3 N–H and O–H groups in total. The van der Waals surface area contributed by atoms with Gasteiger partial charge in [0.25, 0.3) is 5.56 Å². The zero-order chi connectivity index (χ0) is 90.5. The molecule has 0 saturated carbocycles. The Morgan fingerprint density at radius 2 is 0.770 bits per heavy atom. The molecule has 10 aromatic heterocycles. The summed E-state index contributed by atoms with van der Waals surface area (Å²) in [6, 6.07) is 46.0. The van der Waals surface area contributed by atoms with E-state index in [4.69, 9.17) is 33.6 Å². The summed E-state index contributed by atoms with van der Waals surface area (Å²) in [5, 5.41) is 18.0. The van der Waals surface area contributed by atoms with Crippen LogP contribution in [0.5, 0.6) is 11.5 Å². The van der Waals surface area contributed by atoms with E-state index in [0.717, 1.165) is 66.3 Å². The van der Waals surface area contributed by atoms with Crippen molar-refractivity contribution in [2.45, 2.75) is 93.5 Å². The van der Waals surface area contributed by atoms with E-state index in [2.05, 4.69) is 64.7 Å². The summed E-state index contributed by atoms with van der Waals surface area (Å²) in [6.45, 7) is 12.2. The second-order valence-corrected chi connectivity index (χ2v) is 29.0. The summed E-state index contributed by atoms with van der Waals surface area (Å²) >= 11 is 0. The third-order valence-corrected chi connectivity index (χ3v) is 19.4. The largest absolute Gasteiger partial charge is 0.534 e. The number of carbonyl (C=O) groups is 3. The van der Waals surface area contributed by atoms with Gasteiger partial charge in [0.2, 0.25) is 0 Å². The number of aromatic hydroxyl groups is 1. The van der Waals surface area contributed by atoms with Crippen LogP contribution in [-0.2, 0) is 63.8 Å². The average molecular weight is 1750 g/mol. The zero-order valence-electron chi connectivity index (χ0n) is 69.8. The van der Waals surface area contributed by atoms with Crippen LogP contribution in [0.25, 0.3) is 44.1 Å². The minimum absolute atomic E-state index is 0.0604. The lowest BCUT2D eigenvalue weighted by Crippen LogP contribution is -2.35. The number of pyridine rings is 6. The third kappa shape index (κ3) is 21.1. The van der Waals surface area contributed by atoms with Crippen molar-refractivity contribution in [3.63, 3.8) is 0 Å². The molecule has 0 amide bonds. The maximum atomic E-state index is 13.7. The summed E-state index contributed by atoms with van der Waals surface area (Å²) < 4.78 is 85.4. The number of fused-ring (bicyclic) bond motifs is 4. The molecule has 0 saturated heterocycles. The molecule has 0 bridgehead atoms. The van der Waals surface area contributed by atoms with Crippen molar-refractivity contribution in [3.8, 4) is 11.5 Å². The van der Waals surface area contributed by atoms with Crippen LogP contribution in [0, 0.1) is 27.7 Å². The maximum Gasteiger partial charge on any atom is 0.534 e. The molecule has 126 heavy (non-hydrogen) atoms. The number of ether oxygens (including phenoxy) is 3. The van der Waals surface area contributed by atoms with Gasteiger partial charge >= 0.3 is 50.2 Å². The van der Waals surface area contributed by atoms with Crippen LogP contribution in [0.15, 0.2) is 209 Å². The molecule has 4 aromatic carbocycles. The van der Waals surface area contributed by atoms with Crippen molar-refractivity contribution >= 4 is 95.2 Å². The highest BCUT2D eigenvalue weighted by Gasteiger charge is 2.50. The molecular weight excluding hydrogens is 1660 g/mol. The van der Waals surface area contributed by atoms with Crippen LogP contribution in [0.4, 0.5) is 36.2 Å². The Balaban J connectivity index is 0.000000164. The van der Waals surface area contributed by atoms with E-state index in [1.54, 1.807) is 70.4 Å². The second kappa shape index (κ2) is 41.4. The number of nitrogens with one attached hydrogen (secondary N) is 2. The number of esters is 3. The molecule has 36 nitrogen and oxygen atoms in total. The van der Waals surface area contributed by atoms with E-state index >= 15 is 0 Å². The van der Waals surface area contributed by atoms with Crippen LogP contribution < -0.4 is 66.2 Å². The maximum absolute atomic E-state index is 13.7. The number of hydrogen-bond donors (Lipinski definition) is 3. The van der Waals surface area contributed by atoms with Crippen molar-refractivity contribution < 1.29 is 78.8 Å². The number of nitrogens with zero attached hydrogens (tertiary/aromatic N) is 16. The molecule has 0 aliphatic rings. The molecule has 0 unspecified atom stereocenters. The van der Waals surface area contributed by atoms with Crippen LogP contribution in [0.2, 0.25) is 0 Å². The number of alkyl halides is 3. The van der Waals surface area contributed by atoms with E-state index in [0.29, 0.717) is 57.2 Å². The lowest BCUT2D eigenvalue weighted by Gasteiger charge is -2.20. The molecule has 0 fully saturated rings. The minimum Gasteiger partial charge on any atom is -0.506 e. The molecule has 654 valence electrons. The van der Waals surface area contributed by atoms with Crippen LogP contribution in [-0.4, -0.2) is 154 Å². The van der Waals surface area contributed by atoms with Crippen molar-refractivity contribution in [2.75, 3.05) is 68.4 Å². The standard InChI is InChI=1S/C26H28N6O4.C23H24N6O2.C19H16F3N3O7S.C18H17N3O5/c1-5-35-26(34)21-22(28-14-19-12-9-13-27-23(19)31(3)4)20-17(2)29-16-30-24(20)32(25(21)33)36-15-18-10-7-6-8-11-18;1-16-21-19(25-13-18-10-7-11-24-22(18)28(2)3)12-20(30)29(23(21)27-15-26-16)31-14-17-8-5-4-6-9-17;1-3-30-18(27)14-15(32-33(28,29)19(20,21)22)13-11(2)23-10-24-16(13)25(17(14)26)31-9-12-7-5-4-6-8-12;1-3-25-18(24)14-15(22)13-11(2)19-10-20-16(13)21(17(14)23)26-9-12-7-5-4-6-8-12/h6-13,16,28H,5,14-15H2,1-4H3;4-12,15,25H,13-14H2,1-3H3;4-8,10H,3,9H2,1-2H3;4-8,10,22H,3,9H2,1-2H3. The van der Waals surface area contributed by atoms with E-state index in [1.807, 2.05) is 160 Å². The average Bonchev–Trinajstić information content (AvgIpc) is 0.755. The van der Waals surface area contributed by atoms with Crippen LogP contribution in [0.1, 0.15) is 108 Å². The normalized spacial score (nSPS) is 11.1. The highest BCUT2D eigenvalue weighted by Crippen LogP contribution is 2.36. The summed E-state index contributed by atoms with van der Waals surface area (Å²) in [5.41, 5.74) is -2.73. The van der Waals surface area contributed by atoms with Gasteiger partial charge in [-0.2, -0.15) is 21.6 Å². The molecule has 0 aliphatic heterocycles. The van der Waals surface area contributed by atoms with E-state index in [9.17, 15) is 60.3 Å². The van der Waals surface area contributed by atoms with Gasteiger partial charge in [-0.1, -0.05) is 133 Å². The van der Waals surface area contributed by atoms with Gasteiger partial charge in [0.15, 0.2) is 45.0 Å². The quantitative estimate of drug-likeness (QED) is 0.0178. The molecule has 0 aliphatic carbocycles. The third-order valence-electron chi connectivity index (χ3n) is 18.4. The molecule has 40 heteroatoms. The Morgan fingerprint density at radius 1 is 0.429 bits per heavy atom. The topological polar surface area (TPSA) is 427 Å². The Morgan fingerprint density at radius 3 is 1.18 bits per heavy atom. The number of rotatable bonds is 28. The summed E-state index contributed by atoms with van der Waals surface area (Å²) in [7, 11) is 1.43. The van der Waals surface area contributed by atoms with Gasteiger partial charge in [-0.25, -0.2) is 64.2 Å². The predicted octanol–water partition coefficient (Wildman–Crippen LogP) is 9.53. The second-order valence-electron chi connectivity index (χ2n) is 27.4. The van der Waals surface area contributed by atoms with Crippen LogP contribution in [0.3, 0.4) is 0 Å². The van der Waals surface area contributed by atoms with Gasteiger partial charge in [0.05, 0.1) is 75.5 Å². The smallest absolute Gasteiger partial charge is 0.506 e. The first kappa shape index (κ1) is 91.2. The molecule has 14 rings (SSSR count). The zero-order valence-corrected chi connectivity index (χ0v) is 70.7. The summed E-state index contributed by atoms with van der Waals surface area (Å²) in [4.78, 5) is 159. The fourth-order valence-electron chi connectivity index (χ4n) is 12.6. The predicted molar refractivity (Wildman–Crippen MR) is 458 cm³/mol. The van der Waals surface area contributed by atoms with Crippen molar-refractivity contribution in [3.05, 3.63) is 304 Å². The first-order valence-corrected chi connectivity index (χ1v) is 40.1. The molecule has 0 spiro atoms. The number of carbonyl (C=O) groups excluding carboxylic acids is 3. The number of benzene rings is 4. The highest BCUT2D eigenvalue weighted by atomic mass is 32.2. The molecule has 0 radical (unpaired) electrons. The Labute approximate surface area is 716 Å². The summed E-state index contributed by atoms with van der Waals surface area (Å²) in [6.07, 6.45) is 8.50. The molecule has 14 aromatic rings. The SMILES string of the molecule is CCOC(=O)c1c(NCc2cccnc2N(C)C)c2c(C)ncnc2n(OCc2ccccc2)c1=O.CCOC(=O)c1c(O)c2c(C)ncnc2n(OCc2ccccc2)c1=O.CCOC(=O)c1c(OS(=O)(=O)C(F)(F)F)c2c(C)ncnc2n(OCc2ccccc2)c1=O.Cc1ncnc2c1c(NCc1cccnc1N(C)C)cc(=O)n2OCc1ccccc1. The highest BCUT2D eigenvalue weighted by molar-refractivity contribution is 7.88. The summed E-state index contributed by atoms with van der Waals surface area (Å²) in [5.74, 6) is -3.20. The monoisotopic (exact) mass is 1750 g/mol. The Bertz CT molecular complexity index is 6660. The number of aryl methyl sites for hydroxylation is 4. The molecular formula is C86H85F3N18O18S. The molecule has 0 atom stereocenters. The van der Waals surface area contributed by atoms with Gasteiger partial charge in [-0.05, 0) is 82.9 Å². The number of aromatic nitrogens is 14. The fraction of sp³-hybridized carbons (Fsp3) is 0.244. The van der Waals surface area contributed by atoms with Gasteiger partial charge < -0.3 is 63.3 Å². The number of anilines is 4. The van der Waals surface area contributed by atoms with Crippen molar-refractivity contribution in [2.24, 2.45) is 0 Å². The lowest BCUT2D eigenvalue weighted by atomic mass is 10.1. The van der Waals surface area contributed by atoms with E-state index in [1.165, 1.54) is 43.6 Å². The van der Waals surface area contributed by atoms with Crippen molar-refractivity contribution in [1.82, 2.24) is 68.8 Å². The Kier molecular flexibility index (Phi) is 30.0. The number of hydrogen-bond acceptors (Lipinski definition) is 32. The fourth-order valence-corrected chi connectivity index (χ4v) is 13.1. The van der Waals surface area contributed by atoms with Crippen LogP contribution >= 0.6 is 0 Å². The first-order valence-electron chi connectivity index (χ1n) is 38.7. The van der Waals surface area contributed by atoms with E-state index in [-0.39, 0.29) is 79.7 Å². The first-order chi connectivity index (χ1) is 60.5. The van der Waals surface area contributed by atoms with Gasteiger partial charge in [0.1, 0.15) is 69.1 Å². The van der Waals surface area contributed by atoms with Crippen molar-refractivity contribution in [1.29, 1.82) is 0 Å². The van der Waals surface area contributed by atoms with E-state index < -0.39 is 83.9 Å².